The van der Waals surface area contributed by atoms with Crippen LogP contribution < -0.4 is 0 Å². The molecule has 0 saturated heterocycles. The van der Waals surface area contributed by atoms with Crippen LogP contribution in [0, 0.1) is 0 Å². The van der Waals surface area contributed by atoms with E-state index in [4.69, 9.17) is 10.3 Å². The summed E-state index contributed by atoms with van der Waals surface area (Å²) in [6, 6.07) is 14.5. The first kappa shape index (κ1) is 34.0. The zero-order chi connectivity index (χ0) is 35.8. The van der Waals surface area contributed by atoms with Gasteiger partial charge in [-0.1, -0.05) is 89.5 Å². The summed E-state index contributed by atoms with van der Waals surface area (Å²) >= 11 is 0. The second kappa shape index (κ2) is 14.0. The van der Waals surface area contributed by atoms with Crippen LogP contribution in [-0.4, -0.2) is 69.6 Å². The Morgan fingerprint density at radius 3 is 1.49 bits per heavy atom. The summed E-state index contributed by atoms with van der Waals surface area (Å²) in [5.74, 6) is -2.39. The minimum Gasteiger partial charge on any atom is -0.455 e. The van der Waals surface area contributed by atoms with Gasteiger partial charge in [-0.15, -0.1) is 0 Å². The molecule has 5 aromatic rings. The zero-order valence-electron chi connectivity index (χ0n) is 29.0. The van der Waals surface area contributed by atoms with Gasteiger partial charge in [-0.3, -0.25) is 29.0 Å². The summed E-state index contributed by atoms with van der Waals surface area (Å²) in [4.78, 5) is 72.9. The van der Waals surface area contributed by atoms with Crippen molar-refractivity contribution in [1.82, 2.24) is 9.80 Å². The van der Waals surface area contributed by atoms with Gasteiger partial charge in [-0.2, -0.15) is 4.79 Å². The Morgan fingerprint density at radius 2 is 1.08 bits per heavy atom. The highest BCUT2D eigenvalue weighted by Gasteiger charge is 2.39. The Balaban J connectivity index is 1.31. The molecule has 260 valence electrons. The SMILES string of the molecule is CCCCCCC(CCCCCC)N1C(=O)c2ccc3c4ccc5c6c(ccc(c7ccc(c2c37)C1=O)c64)C(=O)N(CCOC(=O)C=[N+]=[N-])C5=O. The second-order valence-corrected chi connectivity index (χ2v) is 13.6. The molecule has 5 aromatic carbocycles. The summed E-state index contributed by atoms with van der Waals surface area (Å²) in [6.45, 7) is 3.92. The van der Waals surface area contributed by atoms with Crippen LogP contribution >= 0.6 is 0 Å². The van der Waals surface area contributed by atoms with Crippen molar-refractivity contribution in [3.05, 3.63) is 76.3 Å². The molecule has 0 saturated carbocycles. The molecule has 0 atom stereocenters. The Bertz CT molecular complexity index is 2170. The molecule has 0 spiro atoms. The highest BCUT2D eigenvalue weighted by atomic mass is 16.5. The number of amides is 4. The van der Waals surface area contributed by atoms with Crippen molar-refractivity contribution in [2.75, 3.05) is 13.2 Å². The fourth-order valence-electron chi connectivity index (χ4n) is 8.21. The minimum absolute atomic E-state index is 0.151. The first-order valence-electron chi connectivity index (χ1n) is 18.1. The topological polar surface area (TPSA) is 137 Å². The maximum Gasteiger partial charge on any atom is 0.413 e. The van der Waals surface area contributed by atoms with Crippen molar-refractivity contribution in [2.24, 2.45) is 0 Å². The van der Waals surface area contributed by atoms with Crippen LogP contribution in [0.3, 0.4) is 0 Å². The number of rotatable bonds is 15. The van der Waals surface area contributed by atoms with E-state index in [0.29, 0.717) is 39.2 Å². The van der Waals surface area contributed by atoms with E-state index >= 15 is 0 Å². The number of imide groups is 2. The number of carbonyl (C=O) groups is 5. The number of unbranched alkanes of at least 4 members (excludes halogenated alkanes) is 6. The van der Waals surface area contributed by atoms with E-state index in [9.17, 15) is 24.0 Å². The quantitative estimate of drug-likeness (QED) is 0.0160. The van der Waals surface area contributed by atoms with Gasteiger partial charge in [-0.05, 0) is 69.4 Å². The molecule has 2 aliphatic heterocycles. The molecule has 7 rings (SSSR count). The molecule has 0 unspecified atom stereocenters. The van der Waals surface area contributed by atoms with Crippen LogP contribution in [0.25, 0.3) is 48.6 Å². The van der Waals surface area contributed by atoms with Crippen LogP contribution in [-0.2, 0) is 9.53 Å². The fourth-order valence-corrected chi connectivity index (χ4v) is 8.21. The zero-order valence-corrected chi connectivity index (χ0v) is 29.0. The van der Waals surface area contributed by atoms with E-state index in [2.05, 4.69) is 18.6 Å². The van der Waals surface area contributed by atoms with Crippen molar-refractivity contribution >= 4 is 78.9 Å². The molecular weight excluding hydrogens is 644 g/mol. The number of carbonyl (C=O) groups excluding carboxylic acids is 5. The monoisotopic (exact) mass is 684 g/mol. The van der Waals surface area contributed by atoms with E-state index in [1.54, 1.807) is 17.0 Å². The number of benzene rings is 5. The molecule has 0 radical (unpaired) electrons. The van der Waals surface area contributed by atoms with Crippen molar-refractivity contribution in [3.8, 4) is 0 Å². The van der Waals surface area contributed by atoms with Gasteiger partial charge in [-0.25, -0.2) is 4.79 Å². The Labute approximate surface area is 295 Å². The third-order valence-electron chi connectivity index (χ3n) is 10.6. The average Bonchev–Trinajstić information content (AvgIpc) is 3.13. The largest absolute Gasteiger partial charge is 0.455 e. The van der Waals surface area contributed by atoms with Gasteiger partial charge in [0.2, 0.25) is 0 Å². The average molecular weight is 685 g/mol. The third kappa shape index (κ3) is 5.64. The predicted octanol–water partition coefficient (Wildman–Crippen LogP) is 8.08. The molecule has 0 aromatic heterocycles. The third-order valence-corrected chi connectivity index (χ3v) is 10.6. The number of hydrogen-bond donors (Lipinski definition) is 0. The Morgan fingerprint density at radius 1 is 0.647 bits per heavy atom. The van der Waals surface area contributed by atoms with Crippen LogP contribution in [0.4, 0.5) is 0 Å². The number of esters is 1. The number of fused-ring (bicyclic) bond motifs is 2. The van der Waals surface area contributed by atoms with E-state index < -0.39 is 17.8 Å². The van der Waals surface area contributed by atoms with E-state index in [1.165, 1.54) is 0 Å². The number of nitrogens with zero attached hydrogens (tertiary/aromatic N) is 4. The number of ether oxygens (including phenoxy) is 1. The molecule has 0 aliphatic carbocycles. The smallest absolute Gasteiger partial charge is 0.413 e. The molecule has 0 N–H and O–H groups in total. The van der Waals surface area contributed by atoms with Crippen molar-refractivity contribution in [1.29, 1.82) is 0 Å². The molecule has 10 heteroatoms. The van der Waals surface area contributed by atoms with E-state index in [-0.39, 0.29) is 31.0 Å². The van der Waals surface area contributed by atoms with E-state index in [0.717, 1.165) is 101 Å². The standard InChI is InChI=1S/C41H40N4O6/c1-3-5-7-9-11-24(12-10-8-6-4-2)45-40(49)31-19-15-27-25-13-17-29-36-30(39(48)44(38(29)47)21-22-51-33(46)23-43-42)18-14-26(34(25)36)28-16-20-32(41(45)50)37(31)35(27)28/h13-20,23-24H,3-12,21-22H2,1-2H3. The lowest BCUT2D eigenvalue weighted by atomic mass is 9.82. The second-order valence-electron chi connectivity index (χ2n) is 13.6. The Hall–Kier alpha value is -5.47. The minimum atomic E-state index is -0.895. The van der Waals surface area contributed by atoms with Crippen molar-refractivity contribution in [2.45, 2.75) is 84.1 Å². The summed E-state index contributed by atoms with van der Waals surface area (Å²) < 4.78 is 4.95. The highest BCUT2D eigenvalue weighted by molar-refractivity contribution is 6.41. The molecule has 2 aliphatic rings. The van der Waals surface area contributed by atoms with Crippen LogP contribution in [0.15, 0.2) is 48.5 Å². The predicted molar refractivity (Wildman–Crippen MR) is 195 cm³/mol. The molecule has 0 fully saturated rings. The maximum atomic E-state index is 14.4. The van der Waals surface area contributed by atoms with Gasteiger partial charge in [0, 0.05) is 39.1 Å². The lowest BCUT2D eigenvalue weighted by molar-refractivity contribution is -0.139. The summed E-state index contributed by atoms with van der Waals surface area (Å²) in [6.07, 6.45) is 10.8. The molecule has 51 heavy (non-hydrogen) atoms. The van der Waals surface area contributed by atoms with Gasteiger partial charge in [0.15, 0.2) is 0 Å². The first-order chi connectivity index (χ1) is 24.8. The lowest BCUT2D eigenvalue weighted by Gasteiger charge is -2.35. The first-order valence-corrected chi connectivity index (χ1v) is 18.1. The van der Waals surface area contributed by atoms with Crippen LogP contribution in [0.1, 0.15) is 119 Å². The lowest BCUT2D eigenvalue weighted by Crippen LogP contribution is -2.47. The molecule has 0 bridgehead atoms. The molecular formula is C41H40N4O6. The summed E-state index contributed by atoms with van der Waals surface area (Å²) in [7, 11) is 0. The van der Waals surface area contributed by atoms with Gasteiger partial charge >= 0.3 is 12.2 Å². The van der Waals surface area contributed by atoms with Crippen molar-refractivity contribution < 1.29 is 33.5 Å². The van der Waals surface area contributed by atoms with Gasteiger partial charge in [0.1, 0.15) is 6.61 Å². The molecule has 10 nitrogen and oxygen atoms in total. The van der Waals surface area contributed by atoms with Crippen molar-refractivity contribution in [3.63, 3.8) is 0 Å². The molecule has 2 heterocycles. The highest BCUT2D eigenvalue weighted by Crippen LogP contribution is 2.46. The van der Waals surface area contributed by atoms with E-state index in [1.807, 2.05) is 36.4 Å². The maximum absolute atomic E-state index is 14.4. The normalized spacial score (nSPS) is 14.2. The fraction of sp³-hybridized carbons (Fsp3) is 0.366. The summed E-state index contributed by atoms with van der Waals surface area (Å²) in [5.41, 5.74) is 10.3. The van der Waals surface area contributed by atoms with Gasteiger partial charge < -0.3 is 10.3 Å². The van der Waals surface area contributed by atoms with Gasteiger partial charge in [0.25, 0.3) is 23.6 Å². The Kier molecular flexibility index (Phi) is 9.36. The summed E-state index contributed by atoms with van der Waals surface area (Å²) in [5, 5.41) is 6.12. The van der Waals surface area contributed by atoms with Crippen LogP contribution in [0.2, 0.25) is 0 Å². The van der Waals surface area contributed by atoms with Gasteiger partial charge in [0.05, 0.1) is 6.54 Å². The van der Waals surface area contributed by atoms with Crippen LogP contribution in [0.5, 0.6) is 0 Å². The number of hydrogen-bond acceptors (Lipinski definition) is 6. The molecule has 4 amide bonds.